The first-order valence-corrected chi connectivity index (χ1v) is 5.92. The molecule has 1 aromatic carbocycles. The third-order valence-corrected chi connectivity index (χ3v) is 2.71. The summed E-state index contributed by atoms with van der Waals surface area (Å²) in [6.45, 7) is 1.79. The highest BCUT2D eigenvalue weighted by Gasteiger charge is 2.09. The van der Waals surface area contributed by atoms with E-state index in [-0.39, 0.29) is 11.6 Å². The fraction of sp³-hybridized carbons (Fsp3) is 0.0769. The second kappa shape index (κ2) is 4.96. The van der Waals surface area contributed by atoms with Crippen molar-refractivity contribution in [3.8, 4) is 11.3 Å². The molecule has 0 aliphatic rings. The molecule has 3 rings (SSSR count). The quantitative estimate of drug-likeness (QED) is 0.758. The number of anilines is 1. The molecule has 2 heterocycles. The molecule has 0 aliphatic heterocycles. The number of oxazole rings is 1. The zero-order valence-corrected chi connectivity index (χ0v) is 10.6. The Hall–Kier alpha value is -2.96. The van der Waals surface area contributed by atoms with Gasteiger partial charge >= 0.3 is 0 Å². The summed E-state index contributed by atoms with van der Waals surface area (Å²) in [6.07, 6.45) is 2.96. The molecule has 7 nitrogen and oxygen atoms in total. The number of hydrogen-bond donors (Lipinski definition) is 2. The molecule has 0 fully saturated rings. The third-order valence-electron chi connectivity index (χ3n) is 2.71. The van der Waals surface area contributed by atoms with Gasteiger partial charge in [-0.3, -0.25) is 4.79 Å². The molecule has 2 N–H and O–H groups in total. The number of aryl methyl sites for hydroxylation is 1. The number of H-pyrrole nitrogens is 1. The maximum atomic E-state index is 11.8. The Labute approximate surface area is 114 Å². The van der Waals surface area contributed by atoms with Crippen molar-refractivity contribution in [3.63, 3.8) is 0 Å². The Kier molecular flexibility index (Phi) is 3.00. The van der Waals surface area contributed by atoms with Crippen molar-refractivity contribution in [2.24, 2.45) is 0 Å². The number of carbonyl (C=O) groups is 1. The van der Waals surface area contributed by atoms with Gasteiger partial charge in [0.25, 0.3) is 5.91 Å². The molecule has 0 unspecified atom stereocenters. The first-order valence-electron chi connectivity index (χ1n) is 5.92. The van der Waals surface area contributed by atoms with Crippen LogP contribution in [0, 0.1) is 6.92 Å². The minimum absolute atomic E-state index is 0.237. The summed E-state index contributed by atoms with van der Waals surface area (Å²) in [6, 6.07) is 7.29. The van der Waals surface area contributed by atoms with E-state index in [0.717, 1.165) is 11.3 Å². The van der Waals surface area contributed by atoms with Gasteiger partial charge in [-0.2, -0.15) is 15.4 Å². The lowest BCUT2D eigenvalue weighted by molar-refractivity contribution is 0.102. The predicted octanol–water partition coefficient (Wildman–Crippen LogP) is 2.02. The maximum absolute atomic E-state index is 11.8. The average Bonchev–Trinajstić information content (AvgIpc) is 3.10. The van der Waals surface area contributed by atoms with Crippen molar-refractivity contribution in [1.29, 1.82) is 0 Å². The summed E-state index contributed by atoms with van der Waals surface area (Å²) in [5, 5.41) is 12.4. The van der Waals surface area contributed by atoms with Gasteiger partial charge < -0.3 is 9.73 Å². The Balaban J connectivity index is 1.75. The van der Waals surface area contributed by atoms with Gasteiger partial charge in [-0.15, -0.1) is 0 Å². The lowest BCUT2D eigenvalue weighted by atomic mass is 10.1. The van der Waals surface area contributed by atoms with E-state index in [9.17, 15) is 4.79 Å². The van der Waals surface area contributed by atoms with E-state index >= 15 is 0 Å². The first kappa shape index (κ1) is 12.1. The summed E-state index contributed by atoms with van der Waals surface area (Å²) >= 11 is 0. The van der Waals surface area contributed by atoms with E-state index in [4.69, 9.17) is 4.42 Å². The van der Waals surface area contributed by atoms with Gasteiger partial charge in [0.1, 0.15) is 12.0 Å². The van der Waals surface area contributed by atoms with Crippen molar-refractivity contribution >= 4 is 11.6 Å². The van der Waals surface area contributed by atoms with Crippen LogP contribution in [0.3, 0.4) is 0 Å². The third kappa shape index (κ3) is 2.41. The number of nitrogens with zero attached hydrogens (tertiary/aromatic N) is 3. The van der Waals surface area contributed by atoms with Crippen LogP contribution in [0.2, 0.25) is 0 Å². The molecule has 100 valence electrons. The number of benzene rings is 1. The number of hydrogen-bond acceptors (Lipinski definition) is 5. The largest absolute Gasteiger partial charge is 0.449 e. The van der Waals surface area contributed by atoms with E-state index in [1.807, 2.05) is 12.1 Å². The zero-order valence-electron chi connectivity index (χ0n) is 10.6. The Morgan fingerprint density at radius 1 is 1.30 bits per heavy atom. The number of aromatic nitrogens is 4. The maximum Gasteiger partial charge on any atom is 0.277 e. The van der Waals surface area contributed by atoms with E-state index in [2.05, 4.69) is 25.7 Å². The Bertz CT molecular complexity index is 716. The number of nitrogens with one attached hydrogen (secondary N) is 2. The topological polar surface area (TPSA) is 96.7 Å². The zero-order chi connectivity index (χ0) is 13.9. The fourth-order valence-electron chi connectivity index (χ4n) is 1.73. The predicted molar refractivity (Wildman–Crippen MR) is 71.0 cm³/mol. The van der Waals surface area contributed by atoms with Crippen LogP contribution in [0.5, 0.6) is 0 Å². The minimum Gasteiger partial charge on any atom is -0.449 e. The van der Waals surface area contributed by atoms with E-state index < -0.39 is 0 Å². The minimum atomic E-state index is -0.316. The highest BCUT2D eigenvalue weighted by molar-refractivity contribution is 6.02. The standard InChI is InChI=1S/C13H11N5O2/c1-8-15-12(7-20-8)9-2-4-10(5-3-9)16-13(19)11-6-14-18-17-11/h2-7H,1H3,(H,16,19)(H,14,17,18). The van der Waals surface area contributed by atoms with Crippen LogP contribution in [-0.4, -0.2) is 26.3 Å². The van der Waals surface area contributed by atoms with Crippen LogP contribution in [0.1, 0.15) is 16.4 Å². The molecule has 0 aliphatic carbocycles. The van der Waals surface area contributed by atoms with Crippen LogP contribution in [0.4, 0.5) is 5.69 Å². The monoisotopic (exact) mass is 269 g/mol. The summed E-state index contributed by atoms with van der Waals surface area (Å²) in [5.41, 5.74) is 2.58. The number of carbonyl (C=O) groups excluding carboxylic acids is 1. The molecule has 0 atom stereocenters. The lowest BCUT2D eigenvalue weighted by Crippen LogP contribution is -2.12. The molecule has 0 spiro atoms. The number of amides is 1. The molecule has 2 aromatic heterocycles. The summed E-state index contributed by atoms with van der Waals surface area (Å²) < 4.78 is 5.16. The highest BCUT2D eigenvalue weighted by atomic mass is 16.3. The van der Waals surface area contributed by atoms with Crippen LogP contribution in [-0.2, 0) is 0 Å². The first-order chi connectivity index (χ1) is 9.72. The van der Waals surface area contributed by atoms with E-state index in [1.165, 1.54) is 6.20 Å². The van der Waals surface area contributed by atoms with Crippen LogP contribution >= 0.6 is 0 Å². The molecule has 3 aromatic rings. The van der Waals surface area contributed by atoms with Crippen LogP contribution in [0.15, 0.2) is 41.1 Å². The van der Waals surface area contributed by atoms with Crippen molar-refractivity contribution in [3.05, 3.63) is 48.3 Å². The molecular weight excluding hydrogens is 258 g/mol. The van der Waals surface area contributed by atoms with Crippen molar-refractivity contribution in [2.75, 3.05) is 5.32 Å². The van der Waals surface area contributed by atoms with Gasteiger partial charge in [0.2, 0.25) is 0 Å². The molecule has 0 saturated carbocycles. The molecule has 0 saturated heterocycles. The van der Waals surface area contributed by atoms with E-state index in [0.29, 0.717) is 11.6 Å². The smallest absolute Gasteiger partial charge is 0.277 e. The van der Waals surface area contributed by atoms with Crippen molar-refractivity contribution in [1.82, 2.24) is 20.4 Å². The number of aromatic amines is 1. The Morgan fingerprint density at radius 3 is 2.70 bits per heavy atom. The van der Waals surface area contributed by atoms with Gasteiger partial charge in [-0.05, 0) is 12.1 Å². The fourth-order valence-corrected chi connectivity index (χ4v) is 1.73. The Morgan fingerprint density at radius 2 is 2.10 bits per heavy atom. The van der Waals surface area contributed by atoms with Gasteiger partial charge in [-0.25, -0.2) is 4.98 Å². The number of rotatable bonds is 3. The van der Waals surface area contributed by atoms with Crippen LogP contribution < -0.4 is 5.32 Å². The molecule has 7 heteroatoms. The van der Waals surface area contributed by atoms with Gasteiger partial charge in [0, 0.05) is 18.2 Å². The van der Waals surface area contributed by atoms with Gasteiger partial charge in [0.05, 0.1) is 6.20 Å². The summed E-state index contributed by atoms with van der Waals surface area (Å²) in [4.78, 5) is 16.0. The average molecular weight is 269 g/mol. The highest BCUT2D eigenvalue weighted by Crippen LogP contribution is 2.20. The van der Waals surface area contributed by atoms with Crippen molar-refractivity contribution < 1.29 is 9.21 Å². The SMILES string of the molecule is Cc1nc(-c2ccc(NC(=O)c3cn[nH]n3)cc2)co1. The summed E-state index contributed by atoms with van der Waals surface area (Å²) in [7, 11) is 0. The van der Waals surface area contributed by atoms with Crippen molar-refractivity contribution in [2.45, 2.75) is 6.92 Å². The van der Waals surface area contributed by atoms with Crippen LogP contribution in [0.25, 0.3) is 11.3 Å². The van der Waals surface area contributed by atoms with E-state index in [1.54, 1.807) is 25.3 Å². The molecule has 1 amide bonds. The normalized spacial score (nSPS) is 10.4. The summed E-state index contributed by atoms with van der Waals surface area (Å²) in [5.74, 6) is 0.298. The molecule has 0 bridgehead atoms. The lowest BCUT2D eigenvalue weighted by Gasteiger charge is -2.03. The second-order valence-electron chi connectivity index (χ2n) is 4.14. The molecule has 20 heavy (non-hydrogen) atoms. The molecule has 0 radical (unpaired) electrons. The van der Waals surface area contributed by atoms with Gasteiger partial charge in [0.15, 0.2) is 11.6 Å². The van der Waals surface area contributed by atoms with Gasteiger partial charge in [-0.1, -0.05) is 12.1 Å². The molecular formula is C13H11N5O2. The second-order valence-corrected chi connectivity index (χ2v) is 4.14.